The Balaban J connectivity index is 1.26. The zero-order chi connectivity index (χ0) is 51.9. The zero-order valence-corrected chi connectivity index (χ0v) is 43.7. The Morgan fingerprint density at radius 2 is 0.959 bits per heavy atom. The third-order valence-corrected chi connectivity index (χ3v) is 15.6. The van der Waals surface area contributed by atoms with Crippen LogP contribution in [0.4, 0.5) is 57.4 Å². The standard InChI is InChI=1S/C51H57N11O8S3/c1-7-61(8-2)43-28-39(41(30-45(43)69-5)59-57-37-24-26-47(72(63,64)65)35-22-16-14-20-33(35)37)52-49-54-50(56-51(55-49)71-32-18-12-11-13-19-32)53-40-29-44(62(9-3)10-4)46(70-6)31-42(40)60-58-38-25-27-48(73(66,67)68)36-23-17-15-21-34(36)38/h14-17,20-32H,7-13,18-19H2,1-6H3,(H,63,64,65)(H,66,67,68)(H2,52,53,54,55,56). The van der Waals surface area contributed by atoms with E-state index in [0.717, 1.165) is 37.1 Å². The minimum absolute atomic E-state index is 0.192. The molecular weight excluding hydrogens is 991 g/mol. The Morgan fingerprint density at radius 3 is 1.34 bits per heavy atom. The first-order chi connectivity index (χ1) is 35.1. The second-order valence-corrected chi connectivity index (χ2v) is 21.0. The number of aromatic nitrogens is 3. The van der Waals surface area contributed by atoms with Crippen LogP contribution >= 0.6 is 11.8 Å². The van der Waals surface area contributed by atoms with E-state index in [-0.39, 0.29) is 37.7 Å². The van der Waals surface area contributed by atoms with Crippen LogP contribution in [0.15, 0.2) is 132 Å². The highest BCUT2D eigenvalue weighted by Crippen LogP contribution is 2.44. The molecule has 382 valence electrons. The normalized spacial score (nSPS) is 13.5. The van der Waals surface area contributed by atoms with Gasteiger partial charge in [-0.2, -0.15) is 31.8 Å². The molecule has 0 aliphatic heterocycles. The third-order valence-electron chi connectivity index (χ3n) is 12.5. The largest absolute Gasteiger partial charge is 0.494 e. The second-order valence-electron chi connectivity index (χ2n) is 16.9. The van der Waals surface area contributed by atoms with E-state index >= 15 is 0 Å². The Morgan fingerprint density at radius 1 is 0.562 bits per heavy atom. The van der Waals surface area contributed by atoms with Gasteiger partial charge >= 0.3 is 0 Å². The Bertz CT molecular complexity index is 3230. The molecule has 7 aromatic rings. The first-order valence-corrected chi connectivity index (χ1v) is 27.6. The van der Waals surface area contributed by atoms with Gasteiger partial charge in [-0.1, -0.05) is 79.6 Å². The van der Waals surface area contributed by atoms with Gasteiger partial charge in [0.1, 0.15) is 32.7 Å². The number of nitrogens with zero attached hydrogens (tertiary/aromatic N) is 9. The minimum Gasteiger partial charge on any atom is -0.494 e. The fourth-order valence-corrected chi connectivity index (χ4v) is 11.4. The molecule has 1 heterocycles. The van der Waals surface area contributed by atoms with Gasteiger partial charge in [-0.3, -0.25) is 9.11 Å². The first kappa shape index (κ1) is 52.3. The van der Waals surface area contributed by atoms with Gasteiger partial charge in [0.15, 0.2) is 5.16 Å². The fraction of sp³-hybridized carbons (Fsp3) is 0.314. The van der Waals surface area contributed by atoms with Crippen LogP contribution in [0.25, 0.3) is 21.5 Å². The van der Waals surface area contributed by atoms with Crippen molar-refractivity contribution in [2.24, 2.45) is 20.5 Å². The maximum Gasteiger partial charge on any atom is 0.295 e. The molecule has 22 heteroatoms. The van der Waals surface area contributed by atoms with Gasteiger partial charge in [0.2, 0.25) is 11.9 Å². The highest BCUT2D eigenvalue weighted by molar-refractivity contribution is 7.99. The van der Waals surface area contributed by atoms with E-state index in [9.17, 15) is 25.9 Å². The van der Waals surface area contributed by atoms with Gasteiger partial charge in [-0.05, 0) is 76.9 Å². The van der Waals surface area contributed by atoms with Gasteiger partial charge in [0, 0.05) is 65.1 Å². The molecule has 6 aromatic carbocycles. The van der Waals surface area contributed by atoms with E-state index in [1.807, 2.05) is 39.8 Å². The van der Waals surface area contributed by atoms with Crippen molar-refractivity contribution in [3.8, 4) is 11.5 Å². The van der Waals surface area contributed by atoms with E-state index in [0.29, 0.717) is 87.7 Å². The summed E-state index contributed by atoms with van der Waals surface area (Å²) in [6.07, 6.45) is 5.39. The molecule has 0 spiro atoms. The van der Waals surface area contributed by atoms with Crippen molar-refractivity contribution in [3.63, 3.8) is 0 Å². The molecule has 0 amide bonds. The van der Waals surface area contributed by atoms with Crippen LogP contribution in [0.3, 0.4) is 0 Å². The smallest absolute Gasteiger partial charge is 0.295 e. The first-order valence-electron chi connectivity index (χ1n) is 23.9. The van der Waals surface area contributed by atoms with Crippen molar-refractivity contribution < 1.29 is 35.4 Å². The molecule has 8 rings (SSSR count). The van der Waals surface area contributed by atoms with Gasteiger partial charge in [0.05, 0.1) is 48.3 Å². The summed E-state index contributed by atoms with van der Waals surface area (Å²) < 4.78 is 81.0. The van der Waals surface area contributed by atoms with Crippen LogP contribution in [-0.2, 0) is 20.2 Å². The lowest BCUT2D eigenvalue weighted by molar-refractivity contribution is 0.414. The maximum atomic E-state index is 12.3. The fourth-order valence-electron chi connectivity index (χ4n) is 8.88. The van der Waals surface area contributed by atoms with Gasteiger partial charge in [0.25, 0.3) is 20.2 Å². The van der Waals surface area contributed by atoms with Crippen LogP contribution < -0.4 is 29.9 Å². The summed E-state index contributed by atoms with van der Waals surface area (Å²) in [5, 5.41) is 27.8. The summed E-state index contributed by atoms with van der Waals surface area (Å²) in [6.45, 7) is 10.9. The lowest BCUT2D eigenvalue weighted by Crippen LogP contribution is -2.22. The second kappa shape index (κ2) is 22.8. The number of azo groups is 2. The SMILES string of the molecule is CCN(CC)c1cc(Nc2nc(Nc3cc(N(CC)CC)c(OC)cc3N=Nc3ccc(S(=O)(=O)O)c4ccccc34)nc(SC3CCCCC3)n2)c(N=Nc2ccc(S(=O)(=O)O)c3ccccc23)cc1OC. The third kappa shape index (κ3) is 11.9. The topological polar surface area (TPSA) is 246 Å². The molecule has 0 saturated heterocycles. The molecule has 1 aromatic heterocycles. The number of hydrogen-bond donors (Lipinski definition) is 4. The highest BCUT2D eigenvalue weighted by atomic mass is 32.2. The lowest BCUT2D eigenvalue weighted by atomic mass is 10.0. The monoisotopic (exact) mass is 1050 g/mol. The number of fused-ring (bicyclic) bond motifs is 2. The average Bonchev–Trinajstić information content (AvgIpc) is 3.38. The molecule has 73 heavy (non-hydrogen) atoms. The summed E-state index contributed by atoms with van der Waals surface area (Å²) in [6, 6.07) is 26.3. The van der Waals surface area contributed by atoms with Gasteiger partial charge in [-0.25, -0.2) is 0 Å². The van der Waals surface area contributed by atoms with E-state index < -0.39 is 20.2 Å². The van der Waals surface area contributed by atoms with E-state index in [1.165, 1.54) is 30.7 Å². The van der Waals surface area contributed by atoms with Crippen LogP contribution in [0.5, 0.6) is 11.5 Å². The molecule has 1 aliphatic rings. The molecule has 1 aliphatic carbocycles. The molecule has 19 nitrogen and oxygen atoms in total. The van der Waals surface area contributed by atoms with Crippen molar-refractivity contribution in [2.75, 3.05) is 60.8 Å². The number of ether oxygens (including phenoxy) is 2. The summed E-state index contributed by atoms with van der Waals surface area (Å²) in [5.74, 6) is 1.46. The van der Waals surface area contributed by atoms with Crippen LogP contribution in [0, 0.1) is 0 Å². The van der Waals surface area contributed by atoms with Crippen molar-refractivity contribution in [1.29, 1.82) is 0 Å². The van der Waals surface area contributed by atoms with Crippen LogP contribution in [0.1, 0.15) is 59.8 Å². The lowest BCUT2D eigenvalue weighted by Gasteiger charge is -2.25. The molecular formula is C51H57N11O8S3. The molecule has 0 bridgehead atoms. The summed E-state index contributed by atoms with van der Waals surface area (Å²) in [5.41, 5.74) is 3.93. The molecule has 1 saturated carbocycles. The summed E-state index contributed by atoms with van der Waals surface area (Å²) >= 11 is 1.58. The summed E-state index contributed by atoms with van der Waals surface area (Å²) in [7, 11) is -5.90. The number of methoxy groups -OCH3 is 2. The number of thioether (sulfide) groups is 1. The summed E-state index contributed by atoms with van der Waals surface area (Å²) in [4.78, 5) is 18.7. The molecule has 1 fully saturated rings. The molecule has 0 atom stereocenters. The molecule has 0 radical (unpaired) electrons. The van der Waals surface area contributed by atoms with E-state index in [2.05, 4.69) is 30.7 Å². The average molecular weight is 1050 g/mol. The highest BCUT2D eigenvalue weighted by Gasteiger charge is 2.23. The Labute approximate surface area is 429 Å². The molecule has 4 N–H and O–H groups in total. The number of anilines is 6. The van der Waals surface area contributed by atoms with Crippen molar-refractivity contribution in [1.82, 2.24) is 15.0 Å². The van der Waals surface area contributed by atoms with Crippen molar-refractivity contribution >= 4 is 111 Å². The van der Waals surface area contributed by atoms with Crippen molar-refractivity contribution in [3.05, 3.63) is 97.1 Å². The zero-order valence-electron chi connectivity index (χ0n) is 41.3. The quantitative estimate of drug-likeness (QED) is 0.0409. The van der Waals surface area contributed by atoms with E-state index in [4.69, 9.17) is 34.7 Å². The number of nitrogens with one attached hydrogen (secondary N) is 2. The van der Waals surface area contributed by atoms with Crippen molar-refractivity contribution in [2.45, 2.75) is 80.0 Å². The predicted molar refractivity (Wildman–Crippen MR) is 288 cm³/mol. The Kier molecular flexibility index (Phi) is 16.4. The van der Waals surface area contributed by atoms with Crippen LogP contribution in [0.2, 0.25) is 0 Å². The minimum atomic E-state index is -4.53. The van der Waals surface area contributed by atoms with Crippen LogP contribution in [-0.4, -0.2) is 86.5 Å². The maximum absolute atomic E-state index is 12.3. The number of benzene rings is 6. The number of hydrogen-bond acceptors (Lipinski definition) is 18. The predicted octanol–water partition coefficient (Wildman–Crippen LogP) is 13.1. The van der Waals surface area contributed by atoms with E-state index in [1.54, 1.807) is 86.6 Å². The molecule has 0 unspecified atom stereocenters. The Hall–Kier alpha value is -6.98. The van der Waals surface area contributed by atoms with Gasteiger partial charge in [-0.15, -0.1) is 20.5 Å². The van der Waals surface area contributed by atoms with Gasteiger partial charge < -0.3 is 29.9 Å². The number of rotatable bonds is 20.